The van der Waals surface area contributed by atoms with Gasteiger partial charge in [0.05, 0.1) is 6.61 Å². The van der Waals surface area contributed by atoms with Gasteiger partial charge in [0.15, 0.2) is 5.78 Å². The number of likely N-dealkylation sites (tertiary alicyclic amines) is 1. The SMILES string of the molecule is CC(=O)C(Cc1ccccc1)(OCc1ccccc1)C(=O)OCC(C)N1CCCCC1. The van der Waals surface area contributed by atoms with Gasteiger partial charge >= 0.3 is 5.97 Å². The Hall–Kier alpha value is -2.50. The van der Waals surface area contributed by atoms with Crippen LogP contribution in [-0.4, -0.2) is 48.0 Å². The van der Waals surface area contributed by atoms with Gasteiger partial charge in [0.25, 0.3) is 0 Å². The Labute approximate surface area is 185 Å². The summed E-state index contributed by atoms with van der Waals surface area (Å²) in [6, 6.07) is 19.1. The quantitative estimate of drug-likeness (QED) is 0.424. The number of rotatable bonds is 10. The number of piperidine rings is 1. The molecule has 3 rings (SSSR count). The van der Waals surface area contributed by atoms with Crippen LogP contribution >= 0.6 is 0 Å². The van der Waals surface area contributed by atoms with Gasteiger partial charge in [-0.15, -0.1) is 0 Å². The van der Waals surface area contributed by atoms with Crippen molar-refractivity contribution >= 4 is 11.8 Å². The topological polar surface area (TPSA) is 55.8 Å². The second-order valence-electron chi connectivity index (χ2n) is 8.36. The molecule has 0 radical (unpaired) electrons. The standard InChI is InChI=1S/C26H33NO4/c1-21(27-16-10-5-11-17-27)19-30-25(29)26(22(2)28,18-23-12-6-3-7-13-23)31-20-24-14-8-4-9-15-24/h3-4,6-9,12-15,21H,5,10-11,16-20H2,1-2H3. The van der Waals surface area contributed by atoms with Gasteiger partial charge in [-0.25, -0.2) is 4.79 Å². The van der Waals surface area contributed by atoms with E-state index in [0.717, 1.165) is 24.2 Å². The molecule has 0 bridgehead atoms. The third-order valence-corrected chi connectivity index (χ3v) is 5.99. The fraction of sp³-hybridized carbons (Fsp3) is 0.462. The van der Waals surface area contributed by atoms with E-state index in [1.165, 1.54) is 26.2 Å². The highest BCUT2D eigenvalue weighted by Gasteiger charge is 2.46. The van der Waals surface area contributed by atoms with Gasteiger partial charge in [0.2, 0.25) is 5.60 Å². The molecule has 0 N–H and O–H groups in total. The normalized spacial score (nSPS) is 17.5. The molecule has 166 valence electrons. The average Bonchev–Trinajstić information content (AvgIpc) is 2.81. The number of carbonyl (C=O) groups is 2. The summed E-state index contributed by atoms with van der Waals surface area (Å²) in [6.45, 7) is 5.91. The molecule has 0 amide bonds. The van der Waals surface area contributed by atoms with E-state index in [1.54, 1.807) is 0 Å². The van der Waals surface area contributed by atoms with Crippen LogP contribution in [0.4, 0.5) is 0 Å². The smallest absolute Gasteiger partial charge is 0.346 e. The lowest BCUT2D eigenvalue weighted by molar-refractivity contribution is -0.180. The average molecular weight is 424 g/mol. The minimum atomic E-state index is -1.67. The molecule has 5 heteroatoms. The van der Waals surface area contributed by atoms with E-state index >= 15 is 0 Å². The molecule has 0 aliphatic carbocycles. The number of ketones is 1. The van der Waals surface area contributed by atoms with E-state index in [0.29, 0.717) is 0 Å². The number of hydrogen-bond acceptors (Lipinski definition) is 5. The van der Waals surface area contributed by atoms with E-state index < -0.39 is 11.6 Å². The lowest BCUT2D eigenvalue weighted by Crippen LogP contribution is -2.52. The zero-order valence-corrected chi connectivity index (χ0v) is 18.6. The Balaban J connectivity index is 1.76. The summed E-state index contributed by atoms with van der Waals surface area (Å²) in [5, 5.41) is 0. The predicted molar refractivity (Wildman–Crippen MR) is 121 cm³/mol. The van der Waals surface area contributed by atoms with Gasteiger partial charge in [-0.05, 0) is 50.9 Å². The van der Waals surface area contributed by atoms with Crippen molar-refractivity contribution in [3.63, 3.8) is 0 Å². The van der Waals surface area contributed by atoms with Gasteiger partial charge in [0, 0.05) is 12.5 Å². The van der Waals surface area contributed by atoms with Crippen molar-refractivity contribution in [1.82, 2.24) is 4.90 Å². The first kappa shape index (κ1) is 23.2. The summed E-state index contributed by atoms with van der Waals surface area (Å²) in [4.78, 5) is 28.5. The van der Waals surface area contributed by atoms with Crippen LogP contribution in [0.3, 0.4) is 0 Å². The van der Waals surface area contributed by atoms with E-state index in [-0.39, 0.29) is 31.5 Å². The van der Waals surface area contributed by atoms with Gasteiger partial charge in [0.1, 0.15) is 6.61 Å². The van der Waals surface area contributed by atoms with Crippen LogP contribution < -0.4 is 0 Å². The second-order valence-corrected chi connectivity index (χ2v) is 8.36. The van der Waals surface area contributed by atoms with Gasteiger partial charge in [-0.2, -0.15) is 0 Å². The van der Waals surface area contributed by atoms with E-state index in [1.807, 2.05) is 60.7 Å². The lowest BCUT2D eigenvalue weighted by Gasteiger charge is -2.34. The highest BCUT2D eigenvalue weighted by Crippen LogP contribution is 2.24. The lowest BCUT2D eigenvalue weighted by atomic mass is 9.90. The molecule has 0 aromatic heterocycles. The molecule has 2 unspecified atom stereocenters. The number of hydrogen-bond donors (Lipinski definition) is 0. The van der Waals surface area contributed by atoms with Crippen LogP contribution in [-0.2, 0) is 32.1 Å². The van der Waals surface area contributed by atoms with Crippen LogP contribution in [0.5, 0.6) is 0 Å². The van der Waals surface area contributed by atoms with E-state index in [4.69, 9.17) is 9.47 Å². The molecule has 1 aliphatic heterocycles. The van der Waals surface area contributed by atoms with Crippen molar-refractivity contribution in [1.29, 1.82) is 0 Å². The largest absolute Gasteiger partial charge is 0.462 e. The summed E-state index contributed by atoms with van der Waals surface area (Å²) in [5.41, 5.74) is 0.0844. The van der Waals surface area contributed by atoms with Crippen molar-refractivity contribution in [2.24, 2.45) is 0 Å². The Morgan fingerprint density at radius 1 is 0.935 bits per heavy atom. The first-order chi connectivity index (χ1) is 15.0. The summed E-state index contributed by atoms with van der Waals surface area (Å²) in [6.07, 6.45) is 3.74. The molecule has 2 atom stereocenters. The maximum atomic E-state index is 13.3. The molecule has 1 heterocycles. The zero-order chi connectivity index (χ0) is 22.1. The van der Waals surface area contributed by atoms with Gasteiger partial charge in [-0.3, -0.25) is 9.69 Å². The first-order valence-electron chi connectivity index (χ1n) is 11.2. The molecule has 1 saturated heterocycles. The first-order valence-corrected chi connectivity index (χ1v) is 11.2. The predicted octanol–water partition coefficient (Wildman–Crippen LogP) is 4.19. The Kier molecular flexibility index (Phi) is 8.38. The van der Waals surface area contributed by atoms with Crippen molar-refractivity contribution in [2.45, 2.75) is 57.8 Å². The molecule has 0 saturated carbocycles. The molecule has 0 spiro atoms. The molecular weight excluding hydrogens is 390 g/mol. The number of carbonyl (C=O) groups excluding carboxylic acids is 2. The van der Waals surface area contributed by atoms with Crippen molar-refractivity contribution in [3.8, 4) is 0 Å². The Morgan fingerprint density at radius 3 is 2.10 bits per heavy atom. The summed E-state index contributed by atoms with van der Waals surface area (Å²) in [7, 11) is 0. The summed E-state index contributed by atoms with van der Waals surface area (Å²) < 4.78 is 11.8. The molecule has 1 aliphatic rings. The van der Waals surface area contributed by atoms with Gasteiger partial charge in [-0.1, -0.05) is 67.1 Å². The third-order valence-electron chi connectivity index (χ3n) is 5.99. The second kappa shape index (κ2) is 11.2. The number of nitrogens with zero attached hydrogens (tertiary/aromatic N) is 1. The molecule has 2 aromatic carbocycles. The third kappa shape index (κ3) is 6.25. The fourth-order valence-corrected chi connectivity index (χ4v) is 3.99. The fourth-order valence-electron chi connectivity index (χ4n) is 3.99. The maximum Gasteiger partial charge on any atom is 0.346 e. The molecule has 31 heavy (non-hydrogen) atoms. The highest BCUT2D eigenvalue weighted by molar-refractivity contribution is 6.06. The van der Waals surface area contributed by atoms with Crippen molar-refractivity contribution in [2.75, 3.05) is 19.7 Å². The Bertz CT molecular complexity index is 833. The number of benzene rings is 2. The molecule has 5 nitrogen and oxygen atoms in total. The minimum absolute atomic E-state index is 0.111. The van der Waals surface area contributed by atoms with E-state index in [9.17, 15) is 9.59 Å². The van der Waals surface area contributed by atoms with Crippen LogP contribution in [0.25, 0.3) is 0 Å². The number of ether oxygens (including phenoxy) is 2. The molecular formula is C26H33NO4. The summed E-state index contributed by atoms with van der Waals surface area (Å²) in [5.74, 6) is -0.952. The van der Waals surface area contributed by atoms with Crippen molar-refractivity contribution in [3.05, 3.63) is 71.8 Å². The van der Waals surface area contributed by atoms with Crippen LogP contribution in [0, 0.1) is 0 Å². The monoisotopic (exact) mass is 423 g/mol. The molecule has 2 aromatic rings. The maximum absolute atomic E-state index is 13.3. The van der Waals surface area contributed by atoms with Gasteiger partial charge < -0.3 is 9.47 Å². The summed E-state index contributed by atoms with van der Waals surface area (Å²) >= 11 is 0. The van der Waals surface area contributed by atoms with E-state index in [2.05, 4.69) is 11.8 Å². The van der Waals surface area contributed by atoms with Crippen molar-refractivity contribution < 1.29 is 19.1 Å². The van der Waals surface area contributed by atoms with Crippen LogP contribution in [0.1, 0.15) is 44.2 Å². The zero-order valence-electron chi connectivity index (χ0n) is 18.6. The van der Waals surface area contributed by atoms with Crippen LogP contribution in [0.15, 0.2) is 60.7 Å². The minimum Gasteiger partial charge on any atom is -0.462 e. The van der Waals surface area contributed by atoms with Crippen LogP contribution in [0.2, 0.25) is 0 Å². The number of Topliss-reactive ketones (excluding diaryl/α,β-unsaturated/α-hetero) is 1. The number of esters is 1. The highest BCUT2D eigenvalue weighted by atomic mass is 16.6. The Morgan fingerprint density at radius 2 is 1.52 bits per heavy atom. The molecule has 1 fully saturated rings.